The molecule has 2 aromatic rings. The fourth-order valence-corrected chi connectivity index (χ4v) is 2.37. The summed E-state index contributed by atoms with van der Waals surface area (Å²) in [4.78, 5) is 22.1. The molecule has 22 heavy (non-hydrogen) atoms. The predicted molar refractivity (Wildman–Crippen MR) is 86.8 cm³/mol. The minimum atomic E-state index is -0.789. The van der Waals surface area contributed by atoms with E-state index in [4.69, 9.17) is 5.11 Å². The van der Waals surface area contributed by atoms with Crippen LogP contribution in [0.1, 0.15) is 31.2 Å². The summed E-state index contributed by atoms with van der Waals surface area (Å²) in [7, 11) is 0. The summed E-state index contributed by atoms with van der Waals surface area (Å²) in [6.45, 7) is 0.545. The number of amides is 1. The SMILES string of the molecule is O=C(O)CCCCNC(=O)CCc1ccc2ccccc2c1. The zero-order chi connectivity index (χ0) is 15.8. The standard InChI is InChI=1S/C18H21NO3/c20-17(19-12-4-3-7-18(21)22)11-9-14-8-10-15-5-1-2-6-16(15)13-14/h1-2,5-6,8,10,13H,3-4,7,9,11-12H2,(H,19,20)(H,21,22). The van der Waals surface area contributed by atoms with E-state index in [0.717, 1.165) is 5.56 Å². The summed E-state index contributed by atoms with van der Waals surface area (Å²) in [6, 6.07) is 14.4. The molecule has 2 aromatic carbocycles. The third-order valence-corrected chi connectivity index (χ3v) is 3.59. The minimum Gasteiger partial charge on any atom is -0.481 e. The minimum absolute atomic E-state index is 0.0171. The van der Waals surface area contributed by atoms with Crippen LogP contribution in [-0.2, 0) is 16.0 Å². The van der Waals surface area contributed by atoms with Gasteiger partial charge in [-0.3, -0.25) is 9.59 Å². The van der Waals surface area contributed by atoms with Crippen LogP contribution >= 0.6 is 0 Å². The van der Waals surface area contributed by atoms with E-state index in [1.807, 2.05) is 12.1 Å². The lowest BCUT2D eigenvalue weighted by Gasteiger charge is -2.06. The lowest BCUT2D eigenvalue weighted by Crippen LogP contribution is -2.24. The molecule has 0 saturated heterocycles. The van der Waals surface area contributed by atoms with Gasteiger partial charge in [-0.2, -0.15) is 0 Å². The Hall–Kier alpha value is -2.36. The van der Waals surface area contributed by atoms with Gasteiger partial charge in [0, 0.05) is 19.4 Å². The van der Waals surface area contributed by atoms with Gasteiger partial charge in [-0.25, -0.2) is 0 Å². The number of carboxylic acids is 1. The molecule has 0 atom stereocenters. The van der Waals surface area contributed by atoms with Crippen molar-refractivity contribution in [2.45, 2.75) is 32.1 Å². The second kappa shape index (κ2) is 8.17. The third kappa shape index (κ3) is 5.20. The first-order valence-electron chi connectivity index (χ1n) is 7.61. The van der Waals surface area contributed by atoms with E-state index in [1.54, 1.807) is 0 Å². The Kier molecular flexibility index (Phi) is 5.95. The van der Waals surface area contributed by atoms with Crippen LogP contribution in [0.4, 0.5) is 0 Å². The highest BCUT2D eigenvalue weighted by Gasteiger charge is 2.03. The van der Waals surface area contributed by atoms with E-state index >= 15 is 0 Å². The van der Waals surface area contributed by atoms with Crippen molar-refractivity contribution in [1.29, 1.82) is 0 Å². The average molecular weight is 299 g/mol. The third-order valence-electron chi connectivity index (χ3n) is 3.59. The summed E-state index contributed by atoms with van der Waals surface area (Å²) in [6.07, 6.45) is 2.63. The van der Waals surface area contributed by atoms with Gasteiger partial charge in [0.15, 0.2) is 0 Å². The summed E-state index contributed by atoms with van der Waals surface area (Å²) in [5.41, 5.74) is 1.15. The van der Waals surface area contributed by atoms with Gasteiger partial charge in [-0.15, -0.1) is 0 Å². The summed E-state index contributed by atoms with van der Waals surface area (Å²) < 4.78 is 0. The topological polar surface area (TPSA) is 66.4 Å². The molecule has 0 saturated carbocycles. The highest BCUT2D eigenvalue weighted by atomic mass is 16.4. The van der Waals surface area contributed by atoms with Crippen LogP contribution in [-0.4, -0.2) is 23.5 Å². The number of aliphatic carboxylic acids is 1. The molecule has 0 fully saturated rings. The number of hydrogen-bond acceptors (Lipinski definition) is 2. The zero-order valence-corrected chi connectivity index (χ0v) is 12.5. The molecule has 0 radical (unpaired) electrons. The maximum atomic E-state index is 11.7. The Bertz CT molecular complexity index is 652. The number of fused-ring (bicyclic) bond motifs is 1. The molecular formula is C18H21NO3. The van der Waals surface area contributed by atoms with Crippen LogP contribution in [0.2, 0.25) is 0 Å². The van der Waals surface area contributed by atoms with E-state index in [0.29, 0.717) is 32.2 Å². The molecule has 0 aromatic heterocycles. The van der Waals surface area contributed by atoms with Crippen molar-refractivity contribution in [1.82, 2.24) is 5.32 Å². The Morgan fingerprint density at radius 1 is 0.955 bits per heavy atom. The van der Waals surface area contributed by atoms with Gasteiger partial charge in [-0.1, -0.05) is 42.5 Å². The maximum absolute atomic E-state index is 11.7. The van der Waals surface area contributed by atoms with Gasteiger partial charge in [0.2, 0.25) is 5.91 Å². The molecule has 0 aliphatic rings. The van der Waals surface area contributed by atoms with Crippen molar-refractivity contribution >= 4 is 22.6 Å². The van der Waals surface area contributed by atoms with Gasteiger partial charge in [0.1, 0.15) is 0 Å². The molecule has 1 amide bonds. The number of benzene rings is 2. The molecule has 2 N–H and O–H groups in total. The van der Waals surface area contributed by atoms with Gasteiger partial charge < -0.3 is 10.4 Å². The number of nitrogens with one attached hydrogen (secondary N) is 1. The molecule has 0 bridgehead atoms. The smallest absolute Gasteiger partial charge is 0.303 e. The van der Waals surface area contributed by atoms with Crippen LogP contribution in [0.25, 0.3) is 10.8 Å². The van der Waals surface area contributed by atoms with E-state index < -0.39 is 5.97 Å². The fraction of sp³-hybridized carbons (Fsp3) is 0.333. The highest BCUT2D eigenvalue weighted by Crippen LogP contribution is 2.16. The zero-order valence-electron chi connectivity index (χ0n) is 12.5. The quantitative estimate of drug-likeness (QED) is 0.736. The number of carbonyl (C=O) groups excluding carboxylic acids is 1. The van der Waals surface area contributed by atoms with E-state index in [1.165, 1.54) is 10.8 Å². The number of unbranched alkanes of at least 4 members (excludes halogenated alkanes) is 1. The van der Waals surface area contributed by atoms with Crippen LogP contribution in [0.5, 0.6) is 0 Å². The molecule has 0 spiro atoms. The first-order valence-corrected chi connectivity index (χ1v) is 7.61. The molecule has 4 heteroatoms. The van der Waals surface area contributed by atoms with Crippen molar-refractivity contribution in [3.63, 3.8) is 0 Å². The second-order valence-electron chi connectivity index (χ2n) is 5.38. The normalized spacial score (nSPS) is 10.5. The lowest BCUT2D eigenvalue weighted by molar-refractivity contribution is -0.137. The average Bonchev–Trinajstić information content (AvgIpc) is 2.52. The second-order valence-corrected chi connectivity index (χ2v) is 5.38. The van der Waals surface area contributed by atoms with Crippen molar-refractivity contribution in [2.24, 2.45) is 0 Å². The monoisotopic (exact) mass is 299 g/mol. The first kappa shape index (κ1) is 16.0. The van der Waals surface area contributed by atoms with Gasteiger partial charge in [-0.05, 0) is 35.6 Å². The molecule has 0 heterocycles. The molecule has 0 unspecified atom stereocenters. The Morgan fingerprint density at radius 3 is 2.50 bits per heavy atom. The van der Waals surface area contributed by atoms with Crippen LogP contribution in [0, 0.1) is 0 Å². The van der Waals surface area contributed by atoms with E-state index in [9.17, 15) is 9.59 Å². The highest BCUT2D eigenvalue weighted by molar-refractivity contribution is 5.83. The molecule has 4 nitrogen and oxygen atoms in total. The van der Waals surface area contributed by atoms with E-state index in [2.05, 4.69) is 35.6 Å². The van der Waals surface area contributed by atoms with Gasteiger partial charge in [0.25, 0.3) is 0 Å². The van der Waals surface area contributed by atoms with Crippen molar-refractivity contribution in [3.8, 4) is 0 Å². The Balaban J connectivity index is 1.72. The Labute approximate surface area is 130 Å². The number of aryl methyl sites for hydroxylation is 1. The van der Waals surface area contributed by atoms with Gasteiger partial charge >= 0.3 is 5.97 Å². The molecule has 0 aliphatic heterocycles. The number of rotatable bonds is 8. The van der Waals surface area contributed by atoms with Crippen molar-refractivity contribution in [2.75, 3.05) is 6.54 Å². The number of hydrogen-bond donors (Lipinski definition) is 2. The Morgan fingerprint density at radius 2 is 1.73 bits per heavy atom. The molecule has 116 valence electrons. The summed E-state index contributed by atoms with van der Waals surface area (Å²) in [5, 5.41) is 13.7. The van der Waals surface area contributed by atoms with Crippen LogP contribution in [0.3, 0.4) is 0 Å². The number of carbonyl (C=O) groups is 2. The predicted octanol–water partition coefficient (Wildman–Crippen LogP) is 3.14. The summed E-state index contributed by atoms with van der Waals surface area (Å²) >= 11 is 0. The molecular weight excluding hydrogens is 278 g/mol. The van der Waals surface area contributed by atoms with Crippen molar-refractivity contribution < 1.29 is 14.7 Å². The van der Waals surface area contributed by atoms with E-state index in [-0.39, 0.29) is 12.3 Å². The number of carboxylic acid groups (broad SMARTS) is 1. The van der Waals surface area contributed by atoms with Crippen molar-refractivity contribution in [3.05, 3.63) is 48.0 Å². The van der Waals surface area contributed by atoms with Crippen LogP contribution in [0.15, 0.2) is 42.5 Å². The molecule has 2 rings (SSSR count). The first-order chi connectivity index (χ1) is 10.6. The summed E-state index contributed by atoms with van der Waals surface area (Å²) in [5.74, 6) is -0.772. The van der Waals surface area contributed by atoms with Crippen LogP contribution < -0.4 is 5.32 Å². The fourth-order valence-electron chi connectivity index (χ4n) is 2.37. The maximum Gasteiger partial charge on any atom is 0.303 e. The molecule has 0 aliphatic carbocycles. The van der Waals surface area contributed by atoms with Gasteiger partial charge in [0.05, 0.1) is 0 Å². The largest absolute Gasteiger partial charge is 0.481 e. The lowest BCUT2D eigenvalue weighted by atomic mass is 10.0.